The Morgan fingerprint density at radius 2 is 0.641 bits per heavy atom. The first-order valence-corrected chi connectivity index (χ1v) is 10.1. The third kappa shape index (κ3) is 23.6. The van der Waals surface area contributed by atoms with Crippen molar-refractivity contribution in [3.63, 3.8) is 0 Å². The van der Waals surface area contributed by atoms with Crippen molar-refractivity contribution in [3.8, 4) is 0 Å². The fraction of sp³-hybridized carbons (Fsp3) is 0.333. The molecule has 0 aliphatic carbocycles. The van der Waals surface area contributed by atoms with Crippen LogP contribution in [0.5, 0.6) is 0 Å². The summed E-state index contributed by atoms with van der Waals surface area (Å²) in [6.45, 7) is 11.4. The van der Waals surface area contributed by atoms with Gasteiger partial charge in [0.1, 0.15) is 0 Å². The molecule has 3 rings (SSSR count). The quantitative estimate of drug-likeness (QED) is 0.104. The molecule has 20 nitrogen and oxygen atoms in total. The van der Waals surface area contributed by atoms with Crippen molar-refractivity contribution in [3.05, 3.63) is 83.0 Å². The van der Waals surface area contributed by atoms with E-state index in [0.717, 1.165) is 34.2 Å². The number of aryl methyl sites for hydroxylation is 6. The van der Waals surface area contributed by atoms with Crippen LogP contribution in [0.4, 0.5) is 17.8 Å². The van der Waals surface area contributed by atoms with Crippen LogP contribution in [0.3, 0.4) is 0 Å². The monoisotopic (exact) mass is 596 g/mol. The van der Waals surface area contributed by atoms with Crippen LogP contribution >= 0.6 is 0 Å². The molecule has 218 valence electrons. The molecule has 0 aliphatic heterocycles. The average molecular weight is 597 g/mol. The Morgan fingerprint density at radius 1 is 0.513 bits per heavy atom. The minimum atomic E-state index is -1.75. The van der Waals surface area contributed by atoms with E-state index in [1.54, 1.807) is 0 Å². The van der Waals surface area contributed by atoms with Crippen LogP contribution < -0.4 is 33.8 Å². The van der Waals surface area contributed by atoms with E-state index in [9.17, 15) is 0 Å². The van der Waals surface area contributed by atoms with Crippen molar-refractivity contribution in [1.82, 2.24) is 29.9 Å². The molecule has 3 heterocycles. The number of nitrogens with two attached hydrogens (primary N) is 3. The SMILES string of the molecule is Cc1cc(C)nc(NN)n1.Cc1cc(C)nc(NN)n1.Cc1cc(C)nc(NN)n1.O=[N+]([O-])[O-].O=[N+]([O-])[O-].[Ni+2]. The van der Waals surface area contributed by atoms with Gasteiger partial charge in [0.15, 0.2) is 0 Å². The number of hydrazine groups is 3. The van der Waals surface area contributed by atoms with Crippen LogP contribution in [-0.4, -0.2) is 40.1 Å². The fourth-order valence-electron chi connectivity index (χ4n) is 2.37. The van der Waals surface area contributed by atoms with Gasteiger partial charge >= 0.3 is 16.5 Å². The molecule has 0 unspecified atom stereocenters. The van der Waals surface area contributed by atoms with Crippen molar-refractivity contribution in [2.24, 2.45) is 17.5 Å². The fourth-order valence-corrected chi connectivity index (χ4v) is 2.37. The number of nitrogens with one attached hydrogen (secondary N) is 3. The molecular weight excluding hydrogens is 567 g/mol. The van der Waals surface area contributed by atoms with E-state index >= 15 is 0 Å². The smallest absolute Gasteiger partial charge is 0.356 e. The third-order valence-corrected chi connectivity index (χ3v) is 3.33. The number of rotatable bonds is 3. The summed E-state index contributed by atoms with van der Waals surface area (Å²) >= 11 is 0. The number of aromatic nitrogens is 6. The van der Waals surface area contributed by atoms with Gasteiger partial charge in [-0.3, -0.25) is 16.3 Å². The molecule has 21 heteroatoms. The zero-order valence-electron chi connectivity index (χ0n) is 21.8. The Kier molecular flexibility index (Phi) is 21.5. The van der Waals surface area contributed by atoms with Gasteiger partial charge in [-0.2, -0.15) is 0 Å². The predicted molar refractivity (Wildman–Crippen MR) is 139 cm³/mol. The first-order valence-electron chi connectivity index (χ1n) is 10.1. The molecule has 0 bridgehead atoms. The second kappa shape index (κ2) is 21.5. The van der Waals surface area contributed by atoms with E-state index in [4.69, 9.17) is 48.2 Å². The van der Waals surface area contributed by atoms with Gasteiger partial charge in [-0.05, 0) is 59.7 Å². The van der Waals surface area contributed by atoms with Crippen LogP contribution in [-0.2, 0) is 16.5 Å². The molecule has 3 aromatic heterocycles. The van der Waals surface area contributed by atoms with Crippen molar-refractivity contribution >= 4 is 17.8 Å². The molecule has 0 fully saturated rings. The molecule has 0 aliphatic rings. The second-order valence-corrected chi connectivity index (χ2v) is 6.80. The maximum atomic E-state index is 8.25. The Hall–Kier alpha value is -4.59. The standard InChI is InChI=1S/3C6H10N4.2NO3.Ni/c3*1-4-3-5(2)9-6(8-4)10-7;2*2-1(3)4;/h3*3H,7H2,1-2H3,(H,8,9,10);;;/q;;;2*-1;+2. The van der Waals surface area contributed by atoms with E-state index in [2.05, 4.69) is 46.2 Å². The van der Waals surface area contributed by atoms with Crippen molar-refractivity contribution in [2.45, 2.75) is 41.5 Å². The van der Waals surface area contributed by atoms with E-state index in [1.165, 1.54) is 0 Å². The van der Waals surface area contributed by atoms with Crippen molar-refractivity contribution in [1.29, 1.82) is 0 Å². The first kappa shape index (κ1) is 38.9. The van der Waals surface area contributed by atoms with Crippen molar-refractivity contribution in [2.75, 3.05) is 16.3 Å². The van der Waals surface area contributed by atoms with Gasteiger partial charge in [0.2, 0.25) is 17.8 Å². The summed E-state index contributed by atoms with van der Waals surface area (Å²) in [6.07, 6.45) is 0. The van der Waals surface area contributed by atoms with Gasteiger partial charge in [-0.1, -0.05) is 0 Å². The first-order chi connectivity index (χ1) is 17.6. The molecule has 39 heavy (non-hydrogen) atoms. The average Bonchev–Trinajstić information content (AvgIpc) is 2.77. The van der Waals surface area contributed by atoms with Gasteiger partial charge in [0, 0.05) is 34.2 Å². The minimum absolute atomic E-state index is 0. The normalized spacial score (nSPS) is 8.54. The summed E-state index contributed by atoms with van der Waals surface area (Å²) in [5, 5.41) is 29.5. The molecule has 0 radical (unpaired) electrons. The second-order valence-electron chi connectivity index (χ2n) is 6.80. The van der Waals surface area contributed by atoms with Gasteiger partial charge in [0.05, 0.1) is 10.2 Å². The number of hydrogen-bond acceptors (Lipinski definition) is 18. The molecule has 3 aromatic rings. The number of anilines is 3. The number of nitrogens with zero attached hydrogens (tertiary/aromatic N) is 8. The summed E-state index contributed by atoms with van der Waals surface area (Å²) < 4.78 is 0. The van der Waals surface area contributed by atoms with Gasteiger partial charge in [-0.15, -0.1) is 0 Å². The summed E-state index contributed by atoms with van der Waals surface area (Å²) in [5.41, 5.74) is 12.7. The molecular formula is C18H30N14NiO6. The van der Waals surface area contributed by atoms with Crippen LogP contribution in [0.1, 0.15) is 34.2 Å². The van der Waals surface area contributed by atoms with E-state index in [0.29, 0.717) is 17.8 Å². The van der Waals surface area contributed by atoms with Gasteiger partial charge < -0.3 is 30.6 Å². The van der Waals surface area contributed by atoms with E-state index < -0.39 is 10.2 Å². The molecule has 0 amide bonds. The zero-order valence-corrected chi connectivity index (χ0v) is 22.8. The Labute approximate surface area is 233 Å². The maximum Gasteiger partial charge on any atom is 2.00 e. The maximum absolute atomic E-state index is 8.25. The van der Waals surface area contributed by atoms with Crippen LogP contribution in [0, 0.1) is 72.2 Å². The van der Waals surface area contributed by atoms with Crippen LogP contribution in [0.25, 0.3) is 0 Å². The Morgan fingerprint density at radius 3 is 0.744 bits per heavy atom. The largest absolute Gasteiger partial charge is 2.00 e. The topological polar surface area (TPSA) is 324 Å². The third-order valence-electron chi connectivity index (χ3n) is 3.33. The van der Waals surface area contributed by atoms with Gasteiger partial charge in [0.25, 0.3) is 0 Å². The molecule has 9 N–H and O–H groups in total. The van der Waals surface area contributed by atoms with Crippen LogP contribution in [0.15, 0.2) is 18.2 Å². The summed E-state index contributed by atoms with van der Waals surface area (Å²) in [5.74, 6) is 16.7. The molecule has 0 saturated carbocycles. The molecule has 0 spiro atoms. The zero-order chi connectivity index (χ0) is 29.8. The summed E-state index contributed by atoms with van der Waals surface area (Å²) in [6, 6.07) is 5.67. The van der Waals surface area contributed by atoms with E-state index in [1.807, 2.05) is 59.7 Å². The predicted octanol–water partition coefficient (Wildman–Crippen LogP) is 0.656. The molecule has 0 aromatic carbocycles. The summed E-state index contributed by atoms with van der Waals surface area (Å²) in [4.78, 5) is 40.5. The van der Waals surface area contributed by atoms with Crippen LogP contribution in [0.2, 0.25) is 0 Å². The minimum Gasteiger partial charge on any atom is -0.356 e. The Balaban J connectivity index is -0.000000434. The van der Waals surface area contributed by atoms with E-state index in [-0.39, 0.29) is 16.5 Å². The van der Waals surface area contributed by atoms with Gasteiger partial charge in [-0.25, -0.2) is 47.4 Å². The Bertz CT molecular complexity index is 954. The number of hydrogen-bond donors (Lipinski definition) is 6. The number of nitrogen functional groups attached to an aromatic ring is 3. The summed E-state index contributed by atoms with van der Waals surface area (Å²) in [7, 11) is 0. The molecule has 0 atom stereocenters. The van der Waals surface area contributed by atoms with Crippen molar-refractivity contribution < 1.29 is 26.7 Å². The molecule has 0 saturated heterocycles.